The molecule has 3 N–H and O–H groups in total. The minimum Gasteiger partial charge on any atom is -0.351 e. The summed E-state index contributed by atoms with van der Waals surface area (Å²) in [6.45, 7) is 4.27. The van der Waals surface area contributed by atoms with Gasteiger partial charge in [0.05, 0.1) is 5.69 Å². The number of anilines is 2. The topological polar surface area (TPSA) is 61.6 Å². The lowest BCUT2D eigenvalue weighted by atomic mass is 10.1. The van der Waals surface area contributed by atoms with E-state index in [-0.39, 0.29) is 18.0 Å². The van der Waals surface area contributed by atoms with Gasteiger partial charge in [-0.3, -0.25) is 4.90 Å². The van der Waals surface area contributed by atoms with E-state index in [0.717, 1.165) is 49.0 Å². The fourth-order valence-corrected chi connectivity index (χ4v) is 3.96. The summed E-state index contributed by atoms with van der Waals surface area (Å²) in [5.74, 6) is -0.277. The first kappa shape index (κ1) is 20.1. The molecule has 1 heterocycles. The Balaban J connectivity index is 1.98. The Morgan fingerprint density at radius 1 is 1.29 bits per heavy atom. The highest BCUT2D eigenvalue weighted by atomic mass is 19.1. The van der Waals surface area contributed by atoms with Crippen LogP contribution < -0.4 is 16.1 Å². The van der Waals surface area contributed by atoms with Crippen molar-refractivity contribution in [3.05, 3.63) is 59.9 Å². The number of nitrogens with one attached hydrogen (secondary N) is 1. The number of aryl methyl sites for hydroxylation is 1. The Labute approximate surface area is 166 Å². The SMILES string of the molecule is CCC[C@@H](C)N(Nc1ccc(F)cc1)C1CCCc2ccccc2N1C(N)=O. The van der Waals surface area contributed by atoms with Crippen LogP contribution in [0, 0.1) is 5.82 Å². The number of carbonyl (C=O) groups is 1. The second-order valence-corrected chi connectivity index (χ2v) is 7.37. The zero-order valence-electron chi connectivity index (χ0n) is 16.6. The Bertz CT molecular complexity index is 795. The second-order valence-electron chi connectivity index (χ2n) is 7.37. The minimum absolute atomic E-state index is 0.159. The van der Waals surface area contributed by atoms with Crippen LogP contribution in [0.4, 0.5) is 20.6 Å². The monoisotopic (exact) mass is 384 g/mol. The molecule has 1 aliphatic heterocycles. The molecule has 0 bridgehead atoms. The van der Waals surface area contributed by atoms with E-state index in [1.807, 2.05) is 18.2 Å². The number of primary amides is 1. The summed E-state index contributed by atoms with van der Waals surface area (Å²) in [5, 5.41) is 2.10. The third kappa shape index (κ3) is 4.44. The summed E-state index contributed by atoms with van der Waals surface area (Å²) in [5.41, 5.74) is 12.1. The van der Waals surface area contributed by atoms with E-state index >= 15 is 0 Å². The molecule has 0 aliphatic carbocycles. The van der Waals surface area contributed by atoms with Gasteiger partial charge in [0, 0.05) is 11.7 Å². The quantitative estimate of drug-likeness (QED) is 0.697. The lowest BCUT2D eigenvalue weighted by Crippen LogP contribution is -2.57. The van der Waals surface area contributed by atoms with Gasteiger partial charge >= 0.3 is 6.03 Å². The van der Waals surface area contributed by atoms with Gasteiger partial charge in [-0.1, -0.05) is 31.5 Å². The standard InChI is InChI=1S/C22H29FN4O/c1-3-7-16(2)27(25-19-14-12-18(23)13-15-19)21-11-6-9-17-8-4-5-10-20(17)26(21)22(24)28/h4-5,8,10,12-16,21,25H,3,6-7,9,11H2,1-2H3,(H2,24,28)/t16-,21?/m1/s1. The smallest absolute Gasteiger partial charge is 0.320 e. The van der Waals surface area contributed by atoms with Gasteiger partial charge in [0.1, 0.15) is 12.0 Å². The second kappa shape index (κ2) is 9.06. The molecule has 5 nitrogen and oxygen atoms in total. The van der Waals surface area contributed by atoms with Crippen molar-refractivity contribution < 1.29 is 9.18 Å². The fraction of sp³-hybridized carbons (Fsp3) is 0.409. The maximum atomic E-state index is 13.3. The van der Waals surface area contributed by atoms with Gasteiger partial charge in [0.2, 0.25) is 0 Å². The number of benzene rings is 2. The first-order chi connectivity index (χ1) is 13.5. The van der Waals surface area contributed by atoms with E-state index < -0.39 is 6.03 Å². The molecule has 0 saturated heterocycles. The van der Waals surface area contributed by atoms with Crippen molar-refractivity contribution in [3.8, 4) is 0 Å². The van der Waals surface area contributed by atoms with Crippen molar-refractivity contribution in [2.24, 2.45) is 5.73 Å². The number of nitrogens with zero attached hydrogens (tertiary/aromatic N) is 2. The molecule has 1 aliphatic rings. The number of hydrogen-bond donors (Lipinski definition) is 2. The van der Waals surface area contributed by atoms with Gasteiger partial charge in [-0.15, -0.1) is 0 Å². The van der Waals surface area contributed by atoms with Crippen LogP contribution in [0.15, 0.2) is 48.5 Å². The van der Waals surface area contributed by atoms with Crippen LogP contribution in [0.3, 0.4) is 0 Å². The van der Waals surface area contributed by atoms with Crippen LogP contribution >= 0.6 is 0 Å². The maximum Gasteiger partial charge on any atom is 0.320 e. The molecule has 0 spiro atoms. The van der Waals surface area contributed by atoms with Crippen molar-refractivity contribution in [1.82, 2.24) is 5.01 Å². The molecule has 0 saturated carbocycles. The molecule has 0 radical (unpaired) electrons. The van der Waals surface area contributed by atoms with E-state index in [4.69, 9.17) is 5.73 Å². The number of nitrogens with two attached hydrogens (primary N) is 1. The number of halogens is 1. The number of para-hydroxylation sites is 1. The molecule has 2 atom stereocenters. The van der Waals surface area contributed by atoms with E-state index in [2.05, 4.69) is 30.3 Å². The average Bonchev–Trinajstić information content (AvgIpc) is 2.87. The highest BCUT2D eigenvalue weighted by molar-refractivity contribution is 5.92. The lowest BCUT2D eigenvalue weighted by molar-refractivity contribution is 0.160. The molecule has 0 aromatic heterocycles. The fourth-order valence-electron chi connectivity index (χ4n) is 3.96. The zero-order valence-corrected chi connectivity index (χ0v) is 16.6. The molecular formula is C22H29FN4O. The predicted octanol–water partition coefficient (Wildman–Crippen LogP) is 4.89. The highest BCUT2D eigenvalue weighted by Crippen LogP contribution is 2.32. The largest absolute Gasteiger partial charge is 0.351 e. The Kier molecular flexibility index (Phi) is 6.52. The van der Waals surface area contributed by atoms with Crippen molar-refractivity contribution in [2.75, 3.05) is 10.3 Å². The van der Waals surface area contributed by atoms with Crippen LogP contribution in [0.5, 0.6) is 0 Å². The number of urea groups is 1. The molecule has 1 unspecified atom stereocenters. The lowest BCUT2D eigenvalue weighted by Gasteiger charge is -2.42. The summed E-state index contributed by atoms with van der Waals surface area (Å²) in [6, 6.07) is 13.9. The van der Waals surface area contributed by atoms with Crippen LogP contribution in [0.2, 0.25) is 0 Å². The van der Waals surface area contributed by atoms with Gasteiger partial charge in [-0.25, -0.2) is 9.18 Å². The first-order valence-electron chi connectivity index (χ1n) is 9.98. The summed E-state index contributed by atoms with van der Waals surface area (Å²) in [6.07, 6.45) is 4.39. The van der Waals surface area contributed by atoms with Crippen LogP contribution in [-0.4, -0.2) is 23.2 Å². The number of hydrogen-bond acceptors (Lipinski definition) is 3. The van der Waals surface area contributed by atoms with E-state index in [1.54, 1.807) is 17.0 Å². The number of carbonyl (C=O) groups excluding carboxylic acids is 1. The summed E-state index contributed by atoms with van der Waals surface area (Å²) in [7, 11) is 0. The Hall–Kier alpha value is -2.60. The van der Waals surface area contributed by atoms with Gasteiger partial charge in [0.15, 0.2) is 0 Å². The highest BCUT2D eigenvalue weighted by Gasteiger charge is 2.34. The van der Waals surface area contributed by atoms with Gasteiger partial charge < -0.3 is 11.2 Å². The summed E-state index contributed by atoms with van der Waals surface area (Å²) >= 11 is 0. The molecule has 150 valence electrons. The normalized spacial score (nSPS) is 17.7. The molecule has 2 aromatic rings. The molecule has 28 heavy (non-hydrogen) atoms. The summed E-state index contributed by atoms with van der Waals surface area (Å²) < 4.78 is 13.3. The third-order valence-corrected chi connectivity index (χ3v) is 5.30. The molecule has 2 aromatic carbocycles. The zero-order chi connectivity index (χ0) is 20.1. The minimum atomic E-state index is -0.464. The molecule has 6 heteroatoms. The maximum absolute atomic E-state index is 13.3. The number of fused-ring (bicyclic) bond motifs is 1. The van der Waals surface area contributed by atoms with Crippen molar-refractivity contribution in [2.45, 2.75) is 58.2 Å². The predicted molar refractivity (Wildman–Crippen MR) is 111 cm³/mol. The molecule has 0 fully saturated rings. The van der Waals surface area contributed by atoms with Crippen LogP contribution in [0.1, 0.15) is 45.1 Å². The third-order valence-electron chi connectivity index (χ3n) is 5.30. The van der Waals surface area contributed by atoms with Gasteiger partial charge in [-0.05, 0) is 68.5 Å². The van der Waals surface area contributed by atoms with Gasteiger partial charge in [-0.2, -0.15) is 5.01 Å². The van der Waals surface area contributed by atoms with Gasteiger partial charge in [0.25, 0.3) is 0 Å². The first-order valence-corrected chi connectivity index (χ1v) is 9.98. The van der Waals surface area contributed by atoms with Crippen molar-refractivity contribution >= 4 is 17.4 Å². The molecule has 2 amide bonds. The number of rotatable bonds is 6. The Morgan fingerprint density at radius 3 is 2.68 bits per heavy atom. The van der Waals surface area contributed by atoms with Crippen molar-refractivity contribution in [3.63, 3.8) is 0 Å². The van der Waals surface area contributed by atoms with Crippen LogP contribution in [0.25, 0.3) is 0 Å². The Morgan fingerprint density at radius 2 is 2.00 bits per heavy atom. The van der Waals surface area contributed by atoms with E-state index in [9.17, 15) is 9.18 Å². The number of amides is 2. The molecule has 3 rings (SSSR count). The number of hydrazine groups is 1. The van der Waals surface area contributed by atoms with E-state index in [1.165, 1.54) is 12.1 Å². The average molecular weight is 384 g/mol. The van der Waals surface area contributed by atoms with Crippen LogP contribution in [-0.2, 0) is 6.42 Å². The summed E-state index contributed by atoms with van der Waals surface area (Å²) in [4.78, 5) is 14.2. The molecular weight excluding hydrogens is 355 g/mol. The van der Waals surface area contributed by atoms with E-state index in [0.29, 0.717) is 0 Å². The van der Waals surface area contributed by atoms with Crippen molar-refractivity contribution in [1.29, 1.82) is 0 Å².